The van der Waals surface area contributed by atoms with E-state index in [0.717, 1.165) is 35.3 Å². The zero-order valence-electron chi connectivity index (χ0n) is 18.4. The molecule has 0 aliphatic carbocycles. The largest absolute Gasteiger partial charge is 0.490 e. The zero-order valence-corrected chi connectivity index (χ0v) is 18.4. The Balaban J connectivity index is 2.03. The third-order valence-electron chi connectivity index (χ3n) is 5.51. The highest BCUT2D eigenvalue weighted by Crippen LogP contribution is 2.47. The minimum Gasteiger partial charge on any atom is -0.490 e. The number of hydrogen-bond donors (Lipinski definition) is 0. The molecule has 2 aromatic carbocycles. The van der Waals surface area contributed by atoms with Crippen molar-refractivity contribution < 1.29 is 23.7 Å². The lowest BCUT2D eigenvalue weighted by Crippen LogP contribution is -2.12. The van der Waals surface area contributed by atoms with Gasteiger partial charge in [-0.2, -0.15) is 0 Å². The van der Waals surface area contributed by atoms with Gasteiger partial charge in [0.1, 0.15) is 5.56 Å². The number of methoxy groups -OCH3 is 2. The Kier molecular flexibility index (Phi) is 5.89. The number of esters is 1. The van der Waals surface area contributed by atoms with E-state index in [0.29, 0.717) is 36.2 Å². The van der Waals surface area contributed by atoms with Gasteiger partial charge in [-0.3, -0.25) is 0 Å². The number of hydrogen-bond acceptors (Lipinski definition) is 5. The summed E-state index contributed by atoms with van der Waals surface area (Å²) in [6, 6.07) is 14.0. The highest BCUT2D eigenvalue weighted by molar-refractivity contribution is 6.05. The van der Waals surface area contributed by atoms with Crippen molar-refractivity contribution in [3.63, 3.8) is 0 Å². The molecule has 0 bridgehead atoms. The van der Waals surface area contributed by atoms with Crippen molar-refractivity contribution in [2.45, 2.75) is 26.8 Å². The molecule has 0 fully saturated rings. The lowest BCUT2D eigenvalue weighted by atomic mass is 9.92. The van der Waals surface area contributed by atoms with Crippen LogP contribution in [-0.2, 0) is 17.7 Å². The van der Waals surface area contributed by atoms with Crippen LogP contribution in [0.3, 0.4) is 0 Å². The predicted octanol–water partition coefficient (Wildman–Crippen LogP) is 4.97. The predicted molar refractivity (Wildman–Crippen MR) is 119 cm³/mol. The van der Waals surface area contributed by atoms with Crippen LogP contribution in [0.15, 0.2) is 42.5 Å². The molecule has 6 nitrogen and oxygen atoms in total. The van der Waals surface area contributed by atoms with Crippen LogP contribution in [0, 0.1) is 0 Å². The lowest BCUT2D eigenvalue weighted by molar-refractivity contribution is 0.0597. The van der Waals surface area contributed by atoms with Crippen molar-refractivity contribution in [3.05, 3.63) is 53.6 Å². The van der Waals surface area contributed by atoms with Crippen molar-refractivity contribution in [3.8, 4) is 39.8 Å². The minimum absolute atomic E-state index is 0.420. The van der Waals surface area contributed by atoms with Crippen LogP contribution in [0.2, 0.25) is 0 Å². The summed E-state index contributed by atoms with van der Waals surface area (Å²) in [4.78, 5) is 12.9. The number of fused-ring (bicyclic) bond motifs is 3. The molecule has 0 atom stereocenters. The average Bonchev–Trinajstić information content (AvgIpc) is 3.14. The average molecular weight is 421 g/mol. The van der Waals surface area contributed by atoms with Crippen LogP contribution in [0.1, 0.15) is 29.8 Å². The summed E-state index contributed by atoms with van der Waals surface area (Å²) in [6.45, 7) is 5.63. The standard InChI is InChI=1S/C25H27NO5/c1-5-30-19-12-11-17(15-20(19)31-6-2)21-22(25(27)29-4)24(28-3)26-14-13-16-9-7-8-10-18(16)23(21)26/h7-12,15H,5-6,13-14H2,1-4H3. The first-order valence-corrected chi connectivity index (χ1v) is 10.5. The summed E-state index contributed by atoms with van der Waals surface area (Å²) in [5.41, 5.74) is 5.32. The number of aromatic nitrogens is 1. The zero-order chi connectivity index (χ0) is 22.0. The monoisotopic (exact) mass is 421 g/mol. The lowest BCUT2D eigenvalue weighted by Gasteiger charge is -2.22. The summed E-state index contributed by atoms with van der Waals surface area (Å²) < 4.78 is 24.5. The van der Waals surface area contributed by atoms with Gasteiger partial charge in [0, 0.05) is 17.7 Å². The van der Waals surface area contributed by atoms with Gasteiger partial charge >= 0.3 is 5.97 Å². The molecular weight excluding hydrogens is 394 g/mol. The highest BCUT2D eigenvalue weighted by atomic mass is 16.5. The number of carbonyl (C=O) groups is 1. The molecule has 1 aliphatic rings. The normalized spacial score (nSPS) is 12.0. The Morgan fingerprint density at radius 2 is 1.74 bits per heavy atom. The highest BCUT2D eigenvalue weighted by Gasteiger charge is 2.33. The number of benzene rings is 2. The fourth-order valence-electron chi connectivity index (χ4n) is 4.28. The van der Waals surface area contributed by atoms with Crippen LogP contribution >= 0.6 is 0 Å². The van der Waals surface area contributed by atoms with Gasteiger partial charge in [-0.25, -0.2) is 4.79 Å². The molecule has 0 saturated heterocycles. The van der Waals surface area contributed by atoms with E-state index in [-0.39, 0.29) is 0 Å². The molecule has 0 unspecified atom stereocenters. The number of aryl methyl sites for hydroxylation is 1. The van der Waals surface area contributed by atoms with Gasteiger partial charge in [0.2, 0.25) is 5.88 Å². The molecule has 6 heteroatoms. The molecule has 0 spiro atoms. The molecule has 31 heavy (non-hydrogen) atoms. The second-order valence-corrected chi connectivity index (χ2v) is 7.19. The molecular formula is C25H27NO5. The van der Waals surface area contributed by atoms with E-state index in [2.05, 4.69) is 16.7 Å². The molecule has 1 aliphatic heterocycles. The number of ether oxygens (including phenoxy) is 4. The summed E-state index contributed by atoms with van der Waals surface area (Å²) in [6.07, 6.45) is 0.863. The van der Waals surface area contributed by atoms with Gasteiger partial charge in [0.25, 0.3) is 0 Å². The Hall–Kier alpha value is -3.41. The van der Waals surface area contributed by atoms with Crippen LogP contribution in [0.4, 0.5) is 0 Å². The number of rotatable bonds is 7. The van der Waals surface area contributed by atoms with Gasteiger partial charge in [0.05, 0.1) is 33.1 Å². The van der Waals surface area contributed by atoms with Crippen molar-refractivity contribution in [1.82, 2.24) is 4.57 Å². The fraction of sp³-hybridized carbons (Fsp3) is 0.320. The molecule has 162 valence electrons. The third-order valence-corrected chi connectivity index (χ3v) is 5.51. The topological polar surface area (TPSA) is 58.9 Å². The molecule has 0 radical (unpaired) electrons. The Labute approximate surface area is 182 Å². The first-order chi connectivity index (χ1) is 15.1. The SMILES string of the molecule is CCOc1ccc(-c2c(C(=O)OC)c(OC)n3c2-c2ccccc2CC3)cc1OCC. The number of nitrogens with zero attached hydrogens (tertiary/aromatic N) is 1. The first-order valence-electron chi connectivity index (χ1n) is 10.5. The summed E-state index contributed by atoms with van der Waals surface area (Å²) >= 11 is 0. The molecule has 1 aromatic heterocycles. The molecule has 2 heterocycles. The maximum Gasteiger partial charge on any atom is 0.344 e. The maximum absolute atomic E-state index is 12.9. The van der Waals surface area contributed by atoms with E-state index >= 15 is 0 Å². The van der Waals surface area contributed by atoms with E-state index in [4.69, 9.17) is 18.9 Å². The molecule has 0 saturated carbocycles. The van der Waals surface area contributed by atoms with Crippen molar-refractivity contribution in [2.24, 2.45) is 0 Å². The van der Waals surface area contributed by atoms with E-state index in [1.54, 1.807) is 7.11 Å². The van der Waals surface area contributed by atoms with Crippen LogP contribution in [0.25, 0.3) is 22.4 Å². The minimum atomic E-state index is -0.432. The smallest absolute Gasteiger partial charge is 0.344 e. The van der Waals surface area contributed by atoms with Crippen LogP contribution < -0.4 is 14.2 Å². The molecule has 0 N–H and O–H groups in total. The van der Waals surface area contributed by atoms with E-state index in [1.165, 1.54) is 12.7 Å². The molecule has 0 amide bonds. The summed E-state index contributed by atoms with van der Waals surface area (Å²) in [7, 11) is 2.98. The van der Waals surface area contributed by atoms with Gasteiger partial charge in [0.15, 0.2) is 11.5 Å². The van der Waals surface area contributed by atoms with Gasteiger partial charge in [-0.1, -0.05) is 30.3 Å². The quantitative estimate of drug-likeness (QED) is 0.504. The van der Waals surface area contributed by atoms with Crippen molar-refractivity contribution in [1.29, 1.82) is 0 Å². The van der Waals surface area contributed by atoms with Gasteiger partial charge in [-0.05, 0) is 43.5 Å². The van der Waals surface area contributed by atoms with Crippen LogP contribution in [-0.4, -0.2) is 38.0 Å². The third kappa shape index (κ3) is 3.52. The second kappa shape index (κ2) is 8.76. The van der Waals surface area contributed by atoms with Gasteiger partial charge in [-0.15, -0.1) is 0 Å². The molecule has 3 aromatic rings. The van der Waals surface area contributed by atoms with Crippen molar-refractivity contribution >= 4 is 5.97 Å². The van der Waals surface area contributed by atoms with E-state index in [9.17, 15) is 4.79 Å². The van der Waals surface area contributed by atoms with Crippen molar-refractivity contribution in [2.75, 3.05) is 27.4 Å². The molecule has 4 rings (SSSR count). The van der Waals surface area contributed by atoms with E-state index in [1.807, 2.05) is 44.2 Å². The second-order valence-electron chi connectivity index (χ2n) is 7.19. The van der Waals surface area contributed by atoms with Gasteiger partial charge < -0.3 is 23.5 Å². The first kappa shape index (κ1) is 20.8. The van der Waals surface area contributed by atoms with Crippen LogP contribution in [0.5, 0.6) is 17.4 Å². The summed E-state index contributed by atoms with van der Waals surface area (Å²) in [5, 5.41) is 0. The Morgan fingerprint density at radius 1 is 1.00 bits per heavy atom. The van der Waals surface area contributed by atoms with E-state index < -0.39 is 5.97 Å². The number of carbonyl (C=O) groups excluding carboxylic acids is 1. The maximum atomic E-state index is 12.9. The Bertz CT molecular complexity index is 1120. The Morgan fingerprint density at radius 3 is 2.45 bits per heavy atom. The fourth-order valence-corrected chi connectivity index (χ4v) is 4.28. The summed E-state index contributed by atoms with van der Waals surface area (Å²) in [5.74, 6) is 1.39.